The van der Waals surface area contributed by atoms with Crippen molar-refractivity contribution >= 4 is 11.8 Å². The molecule has 6 heteroatoms. The van der Waals surface area contributed by atoms with E-state index in [1.807, 2.05) is 7.05 Å². The van der Waals surface area contributed by atoms with Crippen LogP contribution in [0.2, 0.25) is 0 Å². The first-order valence-electron chi connectivity index (χ1n) is 6.36. The summed E-state index contributed by atoms with van der Waals surface area (Å²) in [4.78, 5) is 11.5. The Morgan fingerprint density at radius 2 is 1.94 bits per heavy atom. The third-order valence-corrected chi connectivity index (χ3v) is 3.34. The molecule has 2 aliphatic heterocycles. The Bertz CT molecular complexity index is 415. The number of ether oxygens (including phenoxy) is 2. The van der Waals surface area contributed by atoms with Crippen molar-refractivity contribution in [3.05, 3.63) is 11.3 Å². The topological polar surface area (TPSA) is 59.5 Å². The first kappa shape index (κ1) is 11.7. The minimum atomic E-state index is 0.606. The molecule has 3 rings (SSSR count). The highest BCUT2D eigenvalue weighted by Crippen LogP contribution is 2.24. The molecule has 0 spiro atoms. The van der Waals surface area contributed by atoms with E-state index in [1.54, 1.807) is 0 Å². The Balaban J connectivity index is 1.94. The molecule has 1 saturated heterocycles. The Hall–Kier alpha value is -1.40. The second-order valence-corrected chi connectivity index (χ2v) is 4.45. The molecule has 1 aromatic rings. The molecule has 1 N–H and O–H groups in total. The predicted octanol–water partition coefficient (Wildman–Crippen LogP) is 0.428. The average Bonchev–Trinajstić information content (AvgIpc) is 2.47. The van der Waals surface area contributed by atoms with Crippen LogP contribution < -0.4 is 10.2 Å². The van der Waals surface area contributed by atoms with Crippen molar-refractivity contribution in [2.24, 2.45) is 0 Å². The molecule has 0 amide bonds. The molecule has 0 aliphatic carbocycles. The first-order valence-corrected chi connectivity index (χ1v) is 6.36. The highest BCUT2D eigenvalue weighted by atomic mass is 16.5. The lowest BCUT2D eigenvalue weighted by molar-refractivity contribution is 0.109. The third-order valence-electron chi connectivity index (χ3n) is 3.34. The van der Waals surface area contributed by atoms with Crippen LogP contribution in [0.25, 0.3) is 0 Å². The number of nitrogens with zero attached hydrogens (tertiary/aromatic N) is 3. The van der Waals surface area contributed by atoms with Gasteiger partial charge in [-0.1, -0.05) is 0 Å². The molecule has 0 saturated carbocycles. The average molecular weight is 250 g/mol. The van der Waals surface area contributed by atoms with E-state index in [0.717, 1.165) is 62.4 Å². The molecule has 1 fully saturated rings. The van der Waals surface area contributed by atoms with Gasteiger partial charge in [-0.15, -0.1) is 0 Å². The van der Waals surface area contributed by atoms with Crippen LogP contribution in [0.5, 0.6) is 0 Å². The van der Waals surface area contributed by atoms with Gasteiger partial charge in [-0.2, -0.15) is 4.98 Å². The Morgan fingerprint density at radius 1 is 1.11 bits per heavy atom. The van der Waals surface area contributed by atoms with E-state index < -0.39 is 0 Å². The summed E-state index contributed by atoms with van der Waals surface area (Å²) in [6.07, 6.45) is 0.865. The number of rotatable bonds is 2. The van der Waals surface area contributed by atoms with Crippen LogP contribution in [-0.2, 0) is 22.5 Å². The minimum Gasteiger partial charge on any atom is -0.378 e. The van der Waals surface area contributed by atoms with Crippen molar-refractivity contribution in [2.45, 2.75) is 13.0 Å². The molecule has 1 aromatic heterocycles. The van der Waals surface area contributed by atoms with Gasteiger partial charge in [0.15, 0.2) is 0 Å². The summed E-state index contributed by atoms with van der Waals surface area (Å²) in [5, 5.41) is 3.15. The number of hydrogen-bond acceptors (Lipinski definition) is 6. The first-order chi connectivity index (χ1) is 8.88. The van der Waals surface area contributed by atoms with Crippen LogP contribution in [-0.4, -0.2) is 49.9 Å². The summed E-state index contributed by atoms with van der Waals surface area (Å²) >= 11 is 0. The SMILES string of the molecule is CNc1nc(N2CCOCC2)nc2c1COCC2. The van der Waals surface area contributed by atoms with Crippen LogP contribution >= 0.6 is 0 Å². The zero-order valence-corrected chi connectivity index (χ0v) is 10.6. The minimum absolute atomic E-state index is 0.606. The third kappa shape index (κ3) is 2.13. The number of morpholine rings is 1. The van der Waals surface area contributed by atoms with Gasteiger partial charge in [0.05, 0.1) is 32.1 Å². The number of nitrogens with one attached hydrogen (secondary N) is 1. The molecule has 6 nitrogen and oxygen atoms in total. The van der Waals surface area contributed by atoms with E-state index in [1.165, 1.54) is 0 Å². The molecule has 0 unspecified atom stereocenters. The van der Waals surface area contributed by atoms with Crippen LogP contribution in [0.3, 0.4) is 0 Å². The lowest BCUT2D eigenvalue weighted by Crippen LogP contribution is -2.38. The summed E-state index contributed by atoms with van der Waals surface area (Å²) < 4.78 is 10.8. The lowest BCUT2D eigenvalue weighted by Gasteiger charge is -2.28. The number of aromatic nitrogens is 2. The highest BCUT2D eigenvalue weighted by Gasteiger charge is 2.21. The van der Waals surface area contributed by atoms with Gasteiger partial charge in [0.1, 0.15) is 5.82 Å². The zero-order chi connectivity index (χ0) is 12.4. The maximum absolute atomic E-state index is 5.47. The Kier molecular flexibility index (Phi) is 3.29. The van der Waals surface area contributed by atoms with Gasteiger partial charge in [0, 0.05) is 32.1 Å². The van der Waals surface area contributed by atoms with Gasteiger partial charge in [-0.3, -0.25) is 0 Å². The van der Waals surface area contributed by atoms with Crippen molar-refractivity contribution in [1.82, 2.24) is 9.97 Å². The van der Waals surface area contributed by atoms with Crippen LogP contribution in [0.1, 0.15) is 11.3 Å². The zero-order valence-electron chi connectivity index (χ0n) is 10.6. The second-order valence-electron chi connectivity index (χ2n) is 4.45. The number of hydrogen-bond donors (Lipinski definition) is 1. The largest absolute Gasteiger partial charge is 0.378 e. The molecular formula is C12H18N4O2. The van der Waals surface area contributed by atoms with Crippen molar-refractivity contribution in [1.29, 1.82) is 0 Å². The second kappa shape index (κ2) is 5.07. The maximum Gasteiger partial charge on any atom is 0.227 e. The molecule has 98 valence electrons. The predicted molar refractivity (Wildman–Crippen MR) is 68.0 cm³/mol. The Labute approximate surface area is 106 Å². The molecule has 0 aromatic carbocycles. The molecular weight excluding hydrogens is 232 g/mol. The fraction of sp³-hybridized carbons (Fsp3) is 0.667. The van der Waals surface area contributed by atoms with E-state index >= 15 is 0 Å². The van der Waals surface area contributed by atoms with E-state index in [0.29, 0.717) is 6.61 Å². The van der Waals surface area contributed by atoms with Gasteiger partial charge < -0.3 is 19.7 Å². The number of anilines is 2. The van der Waals surface area contributed by atoms with E-state index in [-0.39, 0.29) is 0 Å². The van der Waals surface area contributed by atoms with Gasteiger partial charge in [0.25, 0.3) is 0 Å². The Morgan fingerprint density at radius 3 is 2.72 bits per heavy atom. The van der Waals surface area contributed by atoms with Crippen LogP contribution in [0, 0.1) is 0 Å². The fourth-order valence-electron chi connectivity index (χ4n) is 2.33. The van der Waals surface area contributed by atoms with Crippen LogP contribution in [0.15, 0.2) is 0 Å². The summed E-state index contributed by atoms with van der Waals surface area (Å²) in [6, 6.07) is 0. The molecule has 18 heavy (non-hydrogen) atoms. The lowest BCUT2D eigenvalue weighted by atomic mass is 10.1. The normalized spacial score (nSPS) is 19.5. The quantitative estimate of drug-likeness (QED) is 0.821. The smallest absolute Gasteiger partial charge is 0.227 e. The van der Waals surface area contributed by atoms with Gasteiger partial charge in [-0.25, -0.2) is 4.98 Å². The molecule has 0 radical (unpaired) electrons. The maximum atomic E-state index is 5.47. The summed E-state index contributed by atoms with van der Waals surface area (Å²) in [6.45, 7) is 4.57. The molecule has 2 aliphatic rings. The van der Waals surface area contributed by atoms with Gasteiger partial charge in [-0.05, 0) is 0 Å². The van der Waals surface area contributed by atoms with Crippen molar-refractivity contribution in [3.8, 4) is 0 Å². The van der Waals surface area contributed by atoms with E-state index in [9.17, 15) is 0 Å². The highest BCUT2D eigenvalue weighted by molar-refractivity contribution is 5.51. The van der Waals surface area contributed by atoms with E-state index in [4.69, 9.17) is 9.47 Å². The van der Waals surface area contributed by atoms with E-state index in [2.05, 4.69) is 20.2 Å². The standard InChI is InChI=1S/C12H18N4O2/c1-13-11-9-8-18-5-2-10(9)14-12(15-11)16-3-6-17-7-4-16/h2-8H2,1H3,(H,13,14,15). The molecule has 0 bridgehead atoms. The van der Waals surface area contributed by atoms with Crippen molar-refractivity contribution < 1.29 is 9.47 Å². The van der Waals surface area contributed by atoms with Gasteiger partial charge >= 0.3 is 0 Å². The molecule has 3 heterocycles. The molecule has 0 atom stereocenters. The van der Waals surface area contributed by atoms with Crippen molar-refractivity contribution in [3.63, 3.8) is 0 Å². The monoisotopic (exact) mass is 250 g/mol. The summed E-state index contributed by atoms with van der Waals surface area (Å²) in [5.74, 6) is 1.70. The summed E-state index contributed by atoms with van der Waals surface area (Å²) in [7, 11) is 1.89. The fourth-order valence-corrected chi connectivity index (χ4v) is 2.33. The van der Waals surface area contributed by atoms with Gasteiger partial charge in [0.2, 0.25) is 5.95 Å². The van der Waals surface area contributed by atoms with Crippen molar-refractivity contribution in [2.75, 3.05) is 50.2 Å². The van der Waals surface area contributed by atoms with Crippen LogP contribution in [0.4, 0.5) is 11.8 Å². The number of fused-ring (bicyclic) bond motifs is 1. The summed E-state index contributed by atoms with van der Waals surface area (Å²) in [5.41, 5.74) is 2.21.